The summed E-state index contributed by atoms with van der Waals surface area (Å²) in [5, 5.41) is 8.88. The highest BCUT2D eigenvalue weighted by Crippen LogP contribution is 2.41. The molecule has 0 spiro atoms. The van der Waals surface area contributed by atoms with Gasteiger partial charge in [-0.05, 0) is 56.0 Å². The van der Waals surface area contributed by atoms with Crippen molar-refractivity contribution in [2.45, 2.75) is 39.5 Å². The highest BCUT2D eigenvalue weighted by molar-refractivity contribution is 6.25. The molecule has 0 radical (unpaired) electrons. The number of hydrogen-bond donors (Lipinski definition) is 0. The lowest BCUT2D eigenvalue weighted by Crippen LogP contribution is -2.02. The molecule has 5 aromatic carbocycles. The van der Waals surface area contributed by atoms with E-state index in [4.69, 9.17) is 4.98 Å². The Morgan fingerprint density at radius 2 is 1.19 bits per heavy atom. The van der Waals surface area contributed by atoms with E-state index in [1.54, 1.807) is 0 Å². The van der Waals surface area contributed by atoms with Crippen molar-refractivity contribution in [1.82, 2.24) is 9.38 Å². The van der Waals surface area contributed by atoms with Gasteiger partial charge in [-0.15, -0.1) is 0 Å². The molecular weight excluding hydrogens is 448 g/mol. The molecule has 0 saturated carbocycles. The zero-order valence-electron chi connectivity index (χ0n) is 21.8. The average molecular weight is 479 g/mol. The predicted molar refractivity (Wildman–Crippen MR) is 159 cm³/mol. The van der Waals surface area contributed by atoms with Gasteiger partial charge in [0.2, 0.25) is 0 Å². The zero-order valence-corrected chi connectivity index (χ0v) is 21.8. The molecule has 0 N–H and O–H groups in total. The third kappa shape index (κ3) is 3.15. The average Bonchev–Trinajstić information content (AvgIpc) is 3.37. The van der Waals surface area contributed by atoms with Crippen molar-refractivity contribution in [3.63, 3.8) is 0 Å². The van der Waals surface area contributed by atoms with Gasteiger partial charge in [0, 0.05) is 16.3 Å². The van der Waals surface area contributed by atoms with Crippen molar-refractivity contribution in [3.05, 3.63) is 108 Å². The predicted octanol–water partition coefficient (Wildman–Crippen LogP) is 9.86. The Kier molecular flexibility index (Phi) is 4.87. The van der Waals surface area contributed by atoms with Crippen LogP contribution in [0.2, 0.25) is 0 Å². The second kappa shape index (κ2) is 8.18. The Morgan fingerprint density at radius 3 is 1.92 bits per heavy atom. The number of imidazole rings is 1. The maximum Gasteiger partial charge on any atom is 0.145 e. The summed E-state index contributed by atoms with van der Waals surface area (Å²) in [4.78, 5) is 5.07. The molecule has 2 aromatic heterocycles. The van der Waals surface area contributed by atoms with Crippen LogP contribution in [-0.4, -0.2) is 9.38 Å². The number of hydrogen-bond acceptors (Lipinski definition) is 1. The minimum atomic E-state index is 0.415. The molecule has 0 fully saturated rings. The van der Waals surface area contributed by atoms with E-state index in [9.17, 15) is 0 Å². The fraction of sp³-hybridized carbons (Fsp3) is 0.171. The third-order valence-corrected chi connectivity index (χ3v) is 7.97. The van der Waals surface area contributed by atoms with E-state index >= 15 is 0 Å². The van der Waals surface area contributed by atoms with Gasteiger partial charge in [0.05, 0.1) is 17.4 Å². The van der Waals surface area contributed by atoms with Crippen molar-refractivity contribution in [1.29, 1.82) is 0 Å². The van der Waals surface area contributed by atoms with E-state index in [0.717, 1.165) is 5.65 Å². The smallest absolute Gasteiger partial charge is 0.145 e. The maximum atomic E-state index is 5.07. The van der Waals surface area contributed by atoms with Crippen molar-refractivity contribution in [2.75, 3.05) is 0 Å². The molecule has 0 saturated heterocycles. The van der Waals surface area contributed by atoms with Crippen molar-refractivity contribution < 1.29 is 0 Å². The van der Waals surface area contributed by atoms with Gasteiger partial charge in [0.15, 0.2) is 0 Å². The van der Waals surface area contributed by atoms with Crippen LogP contribution in [-0.2, 0) is 0 Å². The van der Waals surface area contributed by atoms with Gasteiger partial charge in [0.1, 0.15) is 5.65 Å². The fourth-order valence-corrected chi connectivity index (χ4v) is 6.25. The third-order valence-electron chi connectivity index (χ3n) is 7.97. The quantitative estimate of drug-likeness (QED) is 0.231. The lowest BCUT2D eigenvalue weighted by molar-refractivity contribution is 0.836. The molecule has 0 aliphatic rings. The lowest BCUT2D eigenvalue weighted by atomic mass is 9.87. The summed E-state index contributed by atoms with van der Waals surface area (Å²) in [5.74, 6) is 0.830. The summed E-state index contributed by atoms with van der Waals surface area (Å²) in [6.07, 6.45) is 2.10. The first-order chi connectivity index (χ1) is 18.0. The molecule has 0 unspecified atom stereocenters. The number of rotatable bonds is 3. The molecule has 180 valence electrons. The lowest BCUT2D eigenvalue weighted by Gasteiger charge is -2.20. The highest BCUT2D eigenvalue weighted by Gasteiger charge is 2.21. The topological polar surface area (TPSA) is 17.3 Å². The summed E-state index contributed by atoms with van der Waals surface area (Å²) >= 11 is 0. The van der Waals surface area contributed by atoms with Crippen molar-refractivity contribution in [3.8, 4) is 11.3 Å². The summed E-state index contributed by atoms with van der Waals surface area (Å²) in [6, 6.07) is 33.4. The molecule has 7 rings (SSSR count). The minimum Gasteiger partial charge on any atom is -0.292 e. The number of pyridine rings is 1. The molecule has 0 bridgehead atoms. The summed E-state index contributed by atoms with van der Waals surface area (Å²) in [6.45, 7) is 9.16. The van der Waals surface area contributed by atoms with Gasteiger partial charge in [-0.25, -0.2) is 4.98 Å². The van der Waals surface area contributed by atoms with E-state index in [1.807, 2.05) is 0 Å². The van der Waals surface area contributed by atoms with Crippen LogP contribution in [0.25, 0.3) is 60.1 Å². The summed E-state index contributed by atoms with van der Waals surface area (Å²) in [5.41, 5.74) is 7.49. The van der Waals surface area contributed by atoms with E-state index in [2.05, 4.69) is 129 Å². The number of fused-ring (bicyclic) bond motifs is 10. The first-order valence-corrected chi connectivity index (χ1v) is 13.3. The number of aromatic nitrogens is 2. The SMILES string of the molecule is CC(C)c1cccc(C(C)C)c1-c1cnc2c3ccccc3c3c4ccc5ccccc5c4ccc3n12. The van der Waals surface area contributed by atoms with Gasteiger partial charge in [-0.1, -0.05) is 113 Å². The molecule has 0 atom stereocenters. The van der Waals surface area contributed by atoms with Crippen LogP contribution in [0.15, 0.2) is 97.2 Å². The largest absolute Gasteiger partial charge is 0.292 e. The molecule has 0 aliphatic carbocycles. The van der Waals surface area contributed by atoms with Crippen LogP contribution >= 0.6 is 0 Å². The van der Waals surface area contributed by atoms with E-state index in [1.165, 1.54) is 65.6 Å². The Balaban J connectivity index is 1.72. The Labute approximate surface area is 217 Å². The van der Waals surface area contributed by atoms with Crippen molar-refractivity contribution >= 4 is 48.9 Å². The number of nitrogens with zero attached hydrogens (tertiary/aromatic N) is 2. The van der Waals surface area contributed by atoms with Gasteiger partial charge in [-0.2, -0.15) is 0 Å². The molecule has 2 heteroatoms. The molecule has 0 aliphatic heterocycles. The Bertz CT molecular complexity index is 1960. The molecule has 2 heterocycles. The molecule has 7 aromatic rings. The van der Waals surface area contributed by atoms with Crippen LogP contribution in [0.1, 0.15) is 50.7 Å². The molecule has 2 nitrogen and oxygen atoms in total. The van der Waals surface area contributed by atoms with E-state index < -0.39 is 0 Å². The minimum absolute atomic E-state index is 0.415. The van der Waals surface area contributed by atoms with Gasteiger partial charge >= 0.3 is 0 Å². The van der Waals surface area contributed by atoms with Gasteiger partial charge in [0.25, 0.3) is 0 Å². The van der Waals surface area contributed by atoms with Crippen LogP contribution in [0.4, 0.5) is 0 Å². The van der Waals surface area contributed by atoms with Crippen LogP contribution in [0.3, 0.4) is 0 Å². The second-order valence-electron chi connectivity index (χ2n) is 10.8. The molecule has 37 heavy (non-hydrogen) atoms. The Morgan fingerprint density at radius 1 is 0.568 bits per heavy atom. The van der Waals surface area contributed by atoms with Crippen LogP contribution in [0.5, 0.6) is 0 Å². The Hall–Kier alpha value is -4.17. The van der Waals surface area contributed by atoms with Crippen LogP contribution in [0, 0.1) is 0 Å². The zero-order chi connectivity index (χ0) is 25.3. The van der Waals surface area contributed by atoms with E-state index in [0.29, 0.717) is 11.8 Å². The molecular formula is C35H30N2. The molecule has 0 amide bonds. The summed E-state index contributed by atoms with van der Waals surface area (Å²) in [7, 11) is 0. The monoisotopic (exact) mass is 478 g/mol. The maximum absolute atomic E-state index is 5.07. The van der Waals surface area contributed by atoms with Gasteiger partial charge < -0.3 is 0 Å². The summed E-state index contributed by atoms with van der Waals surface area (Å²) < 4.78 is 2.42. The standard InChI is InChI=1S/C35H30N2/c1-21(2)24-14-9-15-25(22(3)4)33(24)32-20-36-35-30-13-8-7-12-28(30)34-29-17-16-23-10-5-6-11-26(23)27(29)18-19-31(34)37(32)35/h5-22H,1-4H3. The van der Waals surface area contributed by atoms with E-state index in [-0.39, 0.29) is 0 Å². The first-order valence-electron chi connectivity index (χ1n) is 13.3. The van der Waals surface area contributed by atoms with Crippen molar-refractivity contribution in [2.24, 2.45) is 0 Å². The number of benzene rings is 5. The van der Waals surface area contributed by atoms with Gasteiger partial charge in [-0.3, -0.25) is 4.40 Å². The highest BCUT2D eigenvalue weighted by atomic mass is 15.0. The second-order valence-corrected chi connectivity index (χ2v) is 10.8. The fourth-order valence-electron chi connectivity index (χ4n) is 6.25. The normalized spacial score (nSPS) is 12.3. The first kappa shape index (κ1) is 22.1. The van der Waals surface area contributed by atoms with Crippen LogP contribution < -0.4 is 0 Å².